The highest BCUT2D eigenvalue weighted by Gasteiger charge is 2.32. The summed E-state index contributed by atoms with van der Waals surface area (Å²) in [7, 11) is 1.69. The number of carbonyl (C=O) groups is 3. The van der Waals surface area contributed by atoms with Gasteiger partial charge in [-0.2, -0.15) is 13.2 Å². The predicted molar refractivity (Wildman–Crippen MR) is 200 cm³/mol. The van der Waals surface area contributed by atoms with Gasteiger partial charge in [-0.25, -0.2) is 0 Å². The van der Waals surface area contributed by atoms with E-state index in [1.54, 1.807) is 18.9 Å². The first-order valence-corrected chi connectivity index (χ1v) is 17.6. The van der Waals surface area contributed by atoms with Gasteiger partial charge in [0.1, 0.15) is 6.04 Å². The lowest BCUT2D eigenvalue weighted by Crippen LogP contribution is -2.51. The molecule has 0 unspecified atom stereocenters. The van der Waals surface area contributed by atoms with Gasteiger partial charge in [-0.05, 0) is 52.6 Å². The van der Waals surface area contributed by atoms with Crippen molar-refractivity contribution in [2.45, 2.75) is 38.7 Å². The van der Waals surface area contributed by atoms with Crippen LogP contribution in [0.2, 0.25) is 0 Å². The number of anilines is 1. The largest absolute Gasteiger partial charge is 0.416 e. The molecular formula is C42H45F3N4O4. The number of piperazine rings is 1. The van der Waals surface area contributed by atoms with Gasteiger partial charge in [0.15, 0.2) is 0 Å². The van der Waals surface area contributed by atoms with Crippen LogP contribution >= 0.6 is 0 Å². The maximum atomic E-state index is 14.3. The molecule has 0 aromatic heterocycles. The zero-order valence-corrected chi connectivity index (χ0v) is 30.0. The van der Waals surface area contributed by atoms with Gasteiger partial charge in [0.25, 0.3) is 0 Å². The second kappa shape index (κ2) is 18.4. The Morgan fingerprint density at radius 1 is 0.792 bits per heavy atom. The number of hydrogen-bond acceptors (Lipinski definition) is 5. The van der Waals surface area contributed by atoms with Crippen LogP contribution in [0.15, 0.2) is 115 Å². The first-order valence-electron chi connectivity index (χ1n) is 17.6. The second-order valence-electron chi connectivity index (χ2n) is 13.1. The number of amides is 3. The first kappa shape index (κ1) is 38.8. The summed E-state index contributed by atoms with van der Waals surface area (Å²) < 4.78 is 45.4. The van der Waals surface area contributed by atoms with Gasteiger partial charge in [0, 0.05) is 71.4 Å². The van der Waals surface area contributed by atoms with E-state index in [4.69, 9.17) is 4.74 Å². The summed E-state index contributed by atoms with van der Waals surface area (Å²) in [4.78, 5) is 47.4. The summed E-state index contributed by atoms with van der Waals surface area (Å²) in [6.07, 6.45) is -1.46. The third-order valence-electron chi connectivity index (χ3n) is 9.31. The molecule has 0 bridgehead atoms. The second-order valence-corrected chi connectivity index (χ2v) is 13.1. The molecule has 278 valence electrons. The summed E-state index contributed by atoms with van der Waals surface area (Å²) >= 11 is 0. The predicted octanol–water partition coefficient (Wildman–Crippen LogP) is 6.70. The molecule has 1 saturated heterocycles. The Morgan fingerprint density at radius 2 is 1.40 bits per heavy atom. The van der Waals surface area contributed by atoms with Crippen LogP contribution in [0.1, 0.15) is 34.7 Å². The maximum absolute atomic E-state index is 14.3. The molecule has 1 atom stereocenters. The number of alkyl halides is 3. The Labute approximate surface area is 309 Å². The molecule has 1 aliphatic rings. The van der Waals surface area contributed by atoms with Crippen LogP contribution in [-0.4, -0.2) is 84.8 Å². The molecule has 8 nitrogen and oxygen atoms in total. The summed E-state index contributed by atoms with van der Waals surface area (Å²) in [5.41, 5.74) is 3.31. The minimum Gasteiger partial charge on any atom is -0.375 e. The average Bonchev–Trinajstić information content (AvgIpc) is 3.17. The molecule has 0 N–H and O–H groups in total. The van der Waals surface area contributed by atoms with Gasteiger partial charge >= 0.3 is 6.18 Å². The van der Waals surface area contributed by atoms with Crippen LogP contribution in [0.25, 0.3) is 6.08 Å². The molecular weight excluding hydrogens is 681 g/mol. The zero-order valence-electron chi connectivity index (χ0n) is 30.0. The van der Waals surface area contributed by atoms with Crippen molar-refractivity contribution in [3.05, 3.63) is 143 Å². The smallest absolute Gasteiger partial charge is 0.375 e. The van der Waals surface area contributed by atoms with E-state index in [9.17, 15) is 27.6 Å². The summed E-state index contributed by atoms with van der Waals surface area (Å²) in [6.45, 7) is 5.35. The molecule has 11 heteroatoms. The topological polar surface area (TPSA) is 73.4 Å². The van der Waals surface area contributed by atoms with Gasteiger partial charge in [-0.1, -0.05) is 84.9 Å². The summed E-state index contributed by atoms with van der Waals surface area (Å²) in [5.74, 6) is -0.673. The van der Waals surface area contributed by atoms with Gasteiger partial charge in [-0.15, -0.1) is 0 Å². The number of halogens is 3. The highest BCUT2D eigenvalue weighted by molar-refractivity contribution is 5.95. The Kier molecular flexibility index (Phi) is 13.4. The van der Waals surface area contributed by atoms with E-state index < -0.39 is 23.7 Å². The molecule has 1 fully saturated rings. The number of benzene rings is 4. The van der Waals surface area contributed by atoms with Crippen LogP contribution in [-0.2, 0) is 44.9 Å². The van der Waals surface area contributed by atoms with Crippen molar-refractivity contribution < 1.29 is 32.3 Å². The summed E-state index contributed by atoms with van der Waals surface area (Å²) in [5, 5.41) is 0. The van der Waals surface area contributed by atoms with E-state index in [-0.39, 0.29) is 24.8 Å². The van der Waals surface area contributed by atoms with Gasteiger partial charge in [0.05, 0.1) is 18.8 Å². The average molecular weight is 727 g/mol. The third-order valence-corrected chi connectivity index (χ3v) is 9.31. The van der Waals surface area contributed by atoms with E-state index in [1.807, 2.05) is 89.8 Å². The van der Waals surface area contributed by atoms with Crippen molar-refractivity contribution in [3.63, 3.8) is 0 Å². The van der Waals surface area contributed by atoms with Crippen molar-refractivity contribution in [1.82, 2.24) is 14.7 Å². The molecule has 0 spiro atoms. The van der Waals surface area contributed by atoms with E-state index in [1.165, 1.54) is 29.2 Å². The minimum atomic E-state index is -4.48. The van der Waals surface area contributed by atoms with Crippen molar-refractivity contribution in [2.24, 2.45) is 0 Å². The number of nitrogens with zero attached hydrogens (tertiary/aromatic N) is 4. The first-order chi connectivity index (χ1) is 25.5. The monoisotopic (exact) mass is 726 g/mol. The maximum Gasteiger partial charge on any atom is 0.416 e. The van der Waals surface area contributed by atoms with Crippen LogP contribution in [0.3, 0.4) is 0 Å². The number of ether oxygens (including phenoxy) is 1. The van der Waals surface area contributed by atoms with Gasteiger partial charge < -0.3 is 24.3 Å². The number of hydrogen-bond donors (Lipinski definition) is 0. The van der Waals surface area contributed by atoms with Crippen LogP contribution in [0, 0.1) is 0 Å². The quantitative estimate of drug-likeness (QED) is 0.107. The number of rotatable bonds is 14. The molecule has 0 saturated carbocycles. The lowest BCUT2D eigenvalue weighted by Gasteiger charge is -2.36. The van der Waals surface area contributed by atoms with Crippen molar-refractivity contribution in [2.75, 3.05) is 51.3 Å². The molecule has 0 aliphatic carbocycles. The molecule has 5 rings (SSSR count). The molecule has 0 radical (unpaired) electrons. The standard InChI is InChI=1S/C42H45F3N4O4/c1-32(50)47-23-25-48(26-24-47)38-20-15-35(16-21-38)30-49(40(51)22-17-33-13-18-37(19-14-33)42(43,44)45)39(29-34-9-5-3-6-10-34)41(52)46(2)27-28-53-31-36-11-7-4-8-12-36/h3-22,39H,23-31H2,1-2H3/b22-17+/t39-/m0/s1. The normalized spacial score (nSPS) is 13.9. The molecule has 1 aliphatic heterocycles. The van der Waals surface area contributed by atoms with Gasteiger partial charge in [0.2, 0.25) is 17.7 Å². The van der Waals surface area contributed by atoms with Crippen molar-refractivity contribution in [1.29, 1.82) is 0 Å². The Balaban J connectivity index is 1.38. The van der Waals surface area contributed by atoms with Crippen molar-refractivity contribution in [3.8, 4) is 0 Å². The Hall–Kier alpha value is -5.42. The number of likely N-dealkylation sites (N-methyl/N-ethyl adjacent to an activating group) is 1. The highest BCUT2D eigenvalue weighted by Crippen LogP contribution is 2.29. The molecule has 53 heavy (non-hydrogen) atoms. The van der Waals surface area contributed by atoms with Gasteiger partial charge in [-0.3, -0.25) is 14.4 Å². The van der Waals surface area contributed by atoms with Crippen LogP contribution in [0.5, 0.6) is 0 Å². The Morgan fingerprint density at radius 3 is 1.98 bits per heavy atom. The fourth-order valence-corrected chi connectivity index (χ4v) is 6.18. The molecule has 3 amide bonds. The zero-order chi connectivity index (χ0) is 37.8. The third kappa shape index (κ3) is 11.3. The van der Waals surface area contributed by atoms with Crippen LogP contribution < -0.4 is 4.90 Å². The van der Waals surface area contributed by atoms with E-state index in [2.05, 4.69) is 4.90 Å². The fourth-order valence-electron chi connectivity index (χ4n) is 6.18. The fraction of sp³-hybridized carbons (Fsp3) is 0.310. The molecule has 1 heterocycles. The van der Waals surface area contributed by atoms with E-state index in [0.29, 0.717) is 51.5 Å². The SMILES string of the molecule is CC(=O)N1CCN(c2ccc(CN(C(=O)/C=C/c3ccc(C(F)(F)F)cc3)[C@@H](Cc3ccccc3)C(=O)N(C)CCOCc3ccccc3)cc2)CC1. The van der Waals surface area contributed by atoms with E-state index in [0.717, 1.165) is 34.5 Å². The minimum absolute atomic E-state index is 0.0575. The molecule has 4 aromatic rings. The van der Waals surface area contributed by atoms with Crippen molar-refractivity contribution >= 4 is 29.5 Å². The number of carbonyl (C=O) groups excluding carboxylic acids is 3. The summed E-state index contributed by atoms with van der Waals surface area (Å²) in [6, 6.07) is 30.7. The molecule has 4 aromatic carbocycles. The highest BCUT2D eigenvalue weighted by atomic mass is 19.4. The lowest BCUT2D eigenvalue weighted by atomic mass is 10.0. The lowest BCUT2D eigenvalue weighted by molar-refractivity contribution is -0.143. The Bertz CT molecular complexity index is 1810. The van der Waals surface area contributed by atoms with E-state index >= 15 is 0 Å². The van der Waals surface area contributed by atoms with Crippen LogP contribution in [0.4, 0.5) is 18.9 Å².